The van der Waals surface area contributed by atoms with E-state index in [9.17, 15) is 4.79 Å². The Balaban J connectivity index is 0.00000289. The number of nitrogens with one attached hydrogen (secondary N) is 2. The van der Waals surface area contributed by atoms with Crippen LogP contribution >= 0.6 is 28.3 Å². The van der Waals surface area contributed by atoms with Crippen LogP contribution in [0.5, 0.6) is 11.5 Å². The number of anilines is 1. The van der Waals surface area contributed by atoms with Gasteiger partial charge in [0.1, 0.15) is 0 Å². The van der Waals surface area contributed by atoms with Crippen LogP contribution in [0.1, 0.15) is 0 Å². The molecule has 0 aliphatic rings. The van der Waals surface area contributed by atoms with Crippen LogP contribution in [-0.2, 0) is 4.79 Å². The third kappa shape index (κ3) is 4.36. The van der Waals surface area contributed by atoms with E-state index in [1.54, 1.807) is 33.4 Å². The highest BCUT2D eigenvalue weighted by molar-refractivity contribution is 9.10. The lowest BCUT2D eigenvalue weighted by atomic mass is 10.2. The van der Waals surface area contributed by atoms with Crippen LogP contribution in [-0.4, -0.2) is 33.7 Å². The minimum absolute atomic E-state index is 0. The molecule has 102 valence electrons. The summed E-state index contributed by atoms with van der Waals surface area (Å²) < 4.78 is 11.0. The van der Waals surface area contributed by atoms with Crippen molar-refractivity contribution in [1.29, 1.82) is 0 Å². The SMILES string of the molecule is CNCC(=O)Nc1cc(OC)c(OC)cc1Br.Cl. The predicted molar refractivity (Wildman–Crippen MR) is 77.1 cm³/mol. The number of likely N-dealkylation sites (N-methyl/N-ethyl adjacent to an activating group) is 1. The number of ether oxygens (including phenoxy) is 2. The Labute approximate surface area is 121 Å². The third-order valence-electron chi connectivity index (χ3n) is 2.08. The Morgan fingerprint density at radius 2 is 1.83 bits per heavy atom. The third-order valence-corrected chi connectivity index (χ3v) is 2.74. The molecule has 0 atom stereocenters. The Morgan fingerprint density at radius 1 is 1.28 bits per heavy atom. The van der Waals surface area contributed by atoms with Crippen molar-refractivity contribution in [2.75, 3.05) is 33.1 Å². The van der Waals surface area contributed by atoms with Gasteiger partial charge in [-0.1, -0.05) is 0 Å². The first-order valence-electron chi connectivity index (χ1n) is 4.98. The molecule has 0 spiro atoms. The molecule has 5 nitrogen and oxygen atoms in total. The van der Waals surface area contributed by atoms with Gasteiger partial charge in [-0.05, 0) is 23.0 Å². The normalized spacial score (nSPS) is 9.33. The lowest BCUT2D eigenvalue weighted by Gasteiger charge is -2.12. The van der Waals surface area contributed by atoms with Gasteiger partial charge in [0.05, 0.1) is 26.5 Å². The summed E-state index contributed by atoms with van der Waals surface area (Å²) in [5.74, 6) is 1.04. The minimum atomic E-state index is -0.125. The van der Waals surface area contributed by atoms with E-state index in [1.807, 2.05) is 0 Å². The molecule has 0 saturated heterocycles. The summed E-state index contributed by atoms with van der Waals surface area (Å²) in [7, 11) is 4.82. The van der Waals surface area contributed by atoms with E-state index in [4.69, 9.17) is 9.47 Å². The van der Waals surface area contributed by atoms with Crippen LogP contribution in [0.2, 0.25) is 0 Å². The molecule has 1 aromatic rings. The van der Waals surface area contributed by atoms with Crippen LogP contribution in [0.3, 0.4) is 0 Å². The summed E-state index contributed by atoms with van der Waals surface area (Å²) in [6, 6.07) is 3.45. The van der Waals surface area contributed by atoms with E-state index in [1.165, 1.54) is 0 Å². The molecular weight excluding hydrogens is 323 g/mol. The van der Waals surface area contributed by atoms with Crippen LogP contribution in [0.4, 0.5) is 5.69 Å². The van der Waals surface area contributed by atoms with Gasteiger partial charge in [-0.25, -0.2) is 0 Å². The first-order chi connectivity index (χ1) is 8.12. The molecule has 1 amide bonds. The molecule has 18 heavy (non-hydrogen) atoms. The van der Waals surface area contributed by atoms with E-state index in [0.29, 0.717) is 17.2 Å². The van der Waals surface area contributed by atoms with Gasteiger partial charge in [-0.15, -0.1) is 12.4 Å². The second-order valence-corrected chi connectivity index (χ2v) is 4.12. The number of hydrogen-bond acceptors (Lipinski definition) is 4. The van der Waals surface area contributed by atoms with Crippen molar-refractivity contribution in [3.8, 4) is 11.5 Å². The smallest absolute Gasteiger partial charge is 0.238 e. The van der Waals surface area contributed by atoms with Crippen molar-refractivity contribution in [3.63, 3.8) is 0 Å². The summed E-state index contributed by atoms with van der Waals surface area (Å²) >= 11 is 3.36. The Bertz CT molecular complexity index is 416. The number of hydrogen-bond donors (Lipinski definition) is 2. The number of carbonyl (C=O) groups is 1. The monoisotopic (exact) mass is 338 g/mol. The van der Waals surface area contributed by atoms with Crippen molar-refractivity contribution >= 4 is 39.9 Å². The number of carbonyl (C=O) groups excluding carboxylic acids is 1. The van der Waals surface area contributed by atoms with E-state index < -0.39 is 0 Å². The fourth-order valence-corrected chi connectivity index (χ4v) is 1.73. The van der Waals surface area contributed by atoms with E-state index in [0.717, 1.165) is 4.47 Å². The van der Waals surface area contributed by atoms with E-state index >= 15 is 0 Å². The zero-order valence-electron chi connectivity index (χ0n) is 10.4. The maximum Gasteiger partial charge on any atom is 0.238 e. The quantitative estimate of drug-likeness (QED) is 0.862. The highest BCUT2D eigenvalue weighted by Crippen LogP contribution is 2.36. The number of benzene rings is 1. The van der Waals surface area contributed by atoms with Gasteiger partial charge in [0.25, 0.3) is 0 Å². The molecule has 0 radical (unpaired) electrons. The van der Waals surface area contributed by atoms with Crippen molar-refractivity contribution in [2.45, 2.75) is 0 Å². The lowest BCUT2D eigenvalue weighted by Crippen LogP contribution is -2.25. The maximum absolute atomic E-state index is 11.5. The van der Waals surface area contributed by atoms with Gasteiger partial charge < -0.3 is 20.1 Å². The van der Waals surface area contributed by atoms with Gasteiger partial charge in [0.2, 0.25) is 5.91 Å². The Morgan fingerprint density at radius 3 is 2.33 bits per heavy atom. The van der Waals surface area contributed by atoms with Crippen molar-refractivity contribution < 1.29 is 14.3 Å². The largest absolute Gasteiger partial charge is 0.493 e. The molecule has 0 aliphatic heterocycles. The fraction of sp³-hybridized carbons (Fsp3) is 0.364. The molecule has 1 rings (SSSR count). The molecule has 0 aliphatic carbocycles. The molecule has 7 heteroatoms. The molecule has 1 aromatic carbocycles. The predicted octanol–water partition coefficient (Wildman–Crippen LogP) is 2.05. The highest BCUT2D eigenvalue weighted by Gasteiger charge is 2.11. The average molecular weight is 340 g/mol. The van der Waals surface area contributed by atoms with Crippen LogP contribution in [0.15, 0.2) is 16.6 Å². The molecule has 0 saturated carbocycles. The molecule has 0 aromatic heterocycles. The van der Waals surface area contributed by atoms with Gasteiger partial charge in [-0.3, -0.25) is 4.79 Å². The van der Waals surface area contributed by atoms with Crippen LogP contribution in [0.25, 0.3) is 0 Å². The average Bonchev–Trinajstić information content (AvgIpc) is 2.31. The van der Waals surface area contributed by atoms with Crippen molar-refractivity contribution in [2.24, 2.45) is 0 Å². The summed E-state index contributed by atoms with van der Waals surface area (Å²) in [4.78, 5) is 11.5. The van der Waals surface area contributed by atoms with Gasteiger partial charge >= 0.3 is 0 Å². The lowest BCUT2D eigenvalue weighted by molar-refractivity contribution is -0.115. The highest BCUT2D eigenvalue weighted by atomic mass is 79.9. The second kappa shape index (κ2) is 8.18. The van der Waals surface area contributed by atoms with Crippen LogP contribution in [0, 0.1) is 0 Å². The second-order valence-electron chi connectivity index (χ2n) is 3.27. The minimum Gasteiger partial charge on any atom is -0.493 e. The number of halogens is 2. The summed E-state index contributed by atoms with van der Waals surface area (Å²) in [5.41, 5.74) is 0.642. The summed E-state index contributed by atoms with van der Waals surface area (Å²) in [6.07, 6.45) is 0. The fourth-order valence-electron chi connectivity index (χ4n) is 1.30. The zero-order valence-corrected chi connectivity index (χ0v) is 12.8. The molecular formula is C11H16BrClN2O3. The van der Waals surface area contributed by atoms with Gasteiger partial charge in [0, 0.05) is 16.6 Å². The molecule has 0 unspecified atom stereocenters. The molecule has 0 fully saturated rings. The van der Waals surface area contributed by atoms with Gasteiger partial charge in [-0.2, -0.15) is 0 Å². The maximum atomic E-state index is 11.5. The number of methoxy groups -OCH3 is 2. The number of amides is 1. The molecule has 0 bridgehead atoms. The van der Waals surface area contributed by atoms with Crippen molar-refractivity contribution in [1.82, 2.24) is 5.32 Å². The zero-order chi connectivity index (χ0) is 12.8. The van der Waals surface area contributed by atoms with Crippen molar-refractivity contribution in [3.05, 3.63) is 16.6 Å². The Kier molecular flexibility index (Phi) is 7.73. The number of rotatable bonds is 5. The standard InChI is InChI=1S/C11H15BrN2O3.ClH/c1-13-6-11(15)14-8-5-10(17-3)9(16-2)4-7(8)12;/h4-5,13H,6H2,1-3H3,(H,14,15);1H. The van der Waals surface area contributed by atoms with Gasteiger partial charge in [0.15, 0.2) is 11.5 Å². The Hall–Kier alpha value is -0.980. The summed E-state index contributed by atoms with van der Waals surface area (Å²) in [6.45, 7) is 0.251. The molecule has 2 N–H and O–H groups in total. The molecule has 0 heterocycles. The summed E-state index contributed by atoms with van der Waals surface area (Å²) in [5, 5.41) is 5.53. The van der Waals surface area contributed by atoms with E-state index in [-0.39, 0.29) is 24.9 Å². The van der Waals surface area contributed by atoms with E-state index in [2.05, 4.69) is 26.6 Å². The topological polar surface area (TPSA) is 59.6 Å². The van der Waals surface area contributed by atoms with Crippen LogP contribution < -0.4 is 20.1 Å². The first-order valence-corrected chi connectivity index (χ1v) is 5.77. The first kappa shape index (κ1) is 17.0.